The summed E-state index contributed by atoms with van der Waals surface area (Å²) < 4.78 is 92.2. The zero-order valence-electron chi connectivity index (χ0n) is 68.3. The maximum Gasteiger partial charge on any atom is 0.307 e. The van der Waals surface area contributed by atoms with Gasteiger partial charge in [0.25, 0.3) is 0 Å². The SMILES string of the molecule is CC(C)Oc1cc2ccccc2c(O[C@@H]2C[C@H]3C(=O)C[C@]4(C(=O)NS(=O)(=O)C5(C)CC5)C[C@H]4/C=C\CC[C@@H](C)C[C@@H](C)[C@H](CC(=O)OC(C)(C)C)C(=O)N3C2)n1.CC(C)Oc1cc2ccccc2c(O[C@@H]2C[C@H]3C(=O)C[C@]4(C(=O)NS(=O)(=O)C5(C)CC5)C[C@H]4/C=C\CC[C@H](C)C[C@@H](C)[C@H](CC(=O)OC(C)(C)C)C(=O)N3C2)n1. The van der Waals surface area contributed by atoms with Gasteiger partial charge in [0, 0.05) is 48.6 Å². The molecule has 6 fully saturated rings. The summed E-state index contributed by atoms with van der Waals surface area (Å²) in [4.78, 5) is 126. The number of ether oxygens (including phenoxy) is 6. The molecule has 4 aliphatic heterocycles. The van der Waals surface area contributed by atoms with Gasteiger partial charge in [0.2, 0.25) is 67.2 Å². The molecule has 4 aromatic rings. The van der Waals surface area contributed by atoms with Crippen LogP contribution in [0.5, 0.6) is 23.5 Å². The fraction of sp³-hybridized carbons (Fsp3) is 0.651. The Hall–Kier alpha value is -8.00. The number of esters is 2. The molecule has 0 unspecified atom stereocenters. The molecular formula is C86H118N6O18S2. The van der Waals surface area contributed by atoms with E-state index in [1.54, 1.807) is 55.4 Å². The van der Waals surface area contributed by atoms with Crippen molar-refractivity contribution >= 4 is 88.7 Å². The zero-order valence-corrected chi connectivity index (χ0v) is 69.9. The maximum absolute atomic E-state index is 14.9. The van der Waals surface area contributed by atoms with E-state index in [1.807, 2.05) is 127 Å². The number of ketones is 2. The molecule has 2 saturated heterocycles. The highest BCUT2D eigenvalue weighted by Crippen LogP contribution is 2.59. The van der Waals surface area contributed by atoms with Crippen molar-refractivity contribution in [3.63, 3.8) is 0 Å². The minimum atomic E-state index is -3.95. The van der Waals surface area contributed by atoms with Crippen LogP contribution < -0.4 is 28.4 Å². The number of hydrogen-bond acceptors (Lipinski definition) is 20. The van der Waals surface area contributed by atoms with Crippen LogP contribution in [0, 0.1) is 58.2 Å². The van der Waals surface area contributed by atoms with Crippen LogP contribution in [0.4, 0.5) is 0 Å². The molecular weight excluding hydrogens is 1470 g/mol. The zero-order chi connectivity index (χ0) is 81.6. The van der Waals surface area contributed by atoms with Crippen molar-refractivity contribution in [2.75, 3.05) is 13.1 Å². The predicted molar refractivity (Wildman–Crippen MR) is 424 cm³/mol. The van der Waals surface area contributed by atoms with Gasteiger partial charge in [0.15, 0.2) is 11.6 Å². The largest absolute Gasteiger partial charge is 0.475 e. The van der Waals surface area contributed by atoms with Crippen molar-refractivity contribution in [1.29, 1.82) is 0 Å². The first kappa shape index (κ1) is 84.9. The fourth-order valence-corrected chi connectivity index (χ4v) is 19.3. The quantitative estimate of drug-likeness (QED) is 0.0690. The molecule has 4 saturated carbocycles. The lowest BCUT2D eigenvalue weighted by Crippen LogP contribution is -2.48. The molecule has 24 nitrogen and oxygen atoms in total. The molecule has 8 aliphatic rings. The molecule has 112 heavy (non-hydrogen) atoms. The standard InChI is InChI=1S/2C43H59N3O9S/c2*1-26(2)53-36-20-29-14-10-12-16-32(29)38(44-36)54-31-21-34-35(47)24-43(40(50)45-56(51,52)42(8)17-18-42)23-30(43)15-11-9-13-27(3)19-28(4)33(39(49)46(34)25-31)22-37(48)55-41(5,6)7/h2*10-12,14-16,20,26-28,30-31,33-34H,9,13,17-19,21-25H2,1-8H3,(H,45,50)/b2*15-11-/t27-,28+,30+,31+,33-,34-,43+;27-,28-,30-,31-,33+,34+,43-/m01/s1. The Bertz CT molecular complexity index is 4250. The maximum atomic E-state index is 14.9. The Labute approximate surface area is 661 Å². The first-order valence-electron chi connectivity index (χ1n) is 40.4. The number of fused-ring (bicyclic) bond motifs is 6. The fourth-order valence-electron chi connectivity index (χ4n) is 16.7. The Kier molecular flexibility index (Phi) is 25.1. The summed E-state index contributed by atoms with van der Waals surface area (Å²) in [6, 6.07) is 16.9. The molecule has 26 heteroatoms. The Balaban J connectivity index is 0.000000221. The number of nitrogens with one attached hydrogen (secondary N) is 2. The minimum Gasteiger partial charge on any atom is -0.475 e. The molecule has 0 spiro atoms. The van der Waals surface area contributed by atoms with E-state index >= 15 is 0 Å². The number of carbonyl (C=O) groups excluding carboxylic acids is 8. The van der Waals surface area contributed by atoms with Crippen molar-refractivity contribution < 1.29 is 83.6 Å². The van der Waals surface area contributed by atoms with E-state index in [0.29, 0.717) is 74.9 Å². The van der Waals surface area contributed by atoms with Crippen LogP contribution in [0.25, 0.3) is 21.5 Å². The van der Waals surface area contributed by atoms with E-state index in [1.165, 1.54) is 9.80 Å². The smallest absolute Gasteiger partial charge is 0.307 e. The third-order valence-corrected chi connectivity index (χ3v) is 28.2. The third kappa shape index (κ3) is 20.0. The molecule has 0 bridgehead atoms. The number of hydrogen-bond donors (Lipinski definition) is 2. The van der Waals surface area contributed by atoms with Gasteiger partial charge in [-0.25, -0.2) is 16.8 Å². The molecule has 2 aromatic heterocycles. The van der Waals surface area contributed by atoms with Crippen LogP contribution >= 0.6 is 0 Å². The second-order valence-electron chi connectivity index (χ2n) is 36.7. The van der Waals surface area contributed by atoms with Crippen LogP contribution in [-0.2, 0) is 67.9 Å². The summed E-state index contributed by atoms with van der Waals surface area (Å²) in [5.74, 6) is -4.62. The van der Waals surface area contributed by atoms with Gasteiger partial charge in [-0.2, -0.15) is 9.97 Å². The Morgan fingerprint density at radius 2 is 0.902 bits per heavy atom. The average molecular weight is 1590 g/mol. The molecule has 2 aromatic carbocycles. The lowest BCUT2D eigenvalue weighted by Gasteiger charge is -2.32. The molecule has 4 aliphatic carbocycles. The highest BCUT2D eigenvalue weighted by atomic mass is 32.2. The van der Waals surface area contributed by atoms with E-state index in [2.05, 4.69) is 23.3 Å². The summed E-state index contributed by atoms with van der Waals surface area (Å²) in [5.41, 5.74) is -4.04. The van der Waals surface area contributed by atoms with Crippen LogP contribution in [0.1, 0.15) is 226 Å². The van der Waals surface area contributed by atoms with Gasteiger partial charge < -0.3 is 38.2 Å². The molecule has 4 amide bonds. The predicted octanol–water partition coefficient (Wildman–Crippen LogP) is 13.4. The number of Topliss-reactive ketones (excluding diaryl/α,β-unsaturated/α-hetero) is 2. The summed E-state index contributed by atoms with van der Waals surface area (Å²) in [6.07, 6.45) is 12.7. The molecule has 6 heterocycles. The normalized spacial score (nSPS) is 30.1. The van der Waals surface area contributed by atoms with Crippen LogP contribution in [0.15, 0.2) is 85.0 Å². The highest BCUT2D eigenvalue weighted by Gasteiger charge is 2.65. The lowest BCUT2D eigenvalue weighted by molar-refractivity contribution is -0.160. The van der Waals surface area contributed by atoms with Gasteiger partial charge in [-0.1, -0.05) is 88.4 Å². The Morgan fingerprint density at radius 3 is 1.24 bits per heavy atom. The summed E-state index contributed by atoms with van der Waals surface area (Å²) in [6.45, 7) is 29.8. The molecule has 14 atom stereocenters. The van der Waals surface area contributed by atoms with Gasteiger partial charge in [-0.05, 0) is 219 Å². The van der Waals surface area contributed by atoms with E-state index in [-0.39, 0.29) is 123 Å². The molecule has 0 radical (unpaired) electrons. The van der Waals surface area contributed by atoms with E-state index < -0.39 is 111 Å². The monoisotopic (exact) mass is 1590 g/mol. The lowest BCUT2D eigenvalue weighted by atomic mass is 9.82. The number of allylic oxidation sites excluding steroid dienone is 4. The van der Waals surface area contributed by atoms with E-state index in [9.17, 15) is 55.2 Å². The number of nitrogens with zero attached hydrogens (tertiary/aromatic N) is 4. The van der Waals surface area contributed by atoms with Crippen molar-refractivity contribution in [3.8, 4) is 23.5 Å². The number of sulfonamides is 2. The van der Waals surface area contributed by atoms with E-state index in [0.717, 1.165) is 47.2 Å². The van der Waals surface area contributed by atoms with Crippen molar-refractivity contribution in [3.05, 3.63) is 85.0 Å². The second-order valence-corrected chi connectivity index (χ2v) is 41.1. The topological polar surface area (TPSA) is 317 Å². The summed E-state index contributed by atoms with van der Waals surface area (Å²) in [5, 5.41) is 3.18. The van der Waals surface area contributed by atoms with Crippen LogP contribution in [0.3, 0.4) is 0 Å². The average Bonchev–Trinajstić information content (AvgIpc) is 1.57. The van der Waals surface area contributed by atoms with Crippen molar-refractivity contribution in [2.24, 2.45) is 58.2 Å². The number of pyridine rings is 2. The number of rotatable bonds is 18. The van der Waals surface area contributed by atoms with Gasteiger partial charge in [0.1, 0.15) is 23.4 Å². The molecule has 612 valence electrons. The molecule has 2 N–H and O–H groups in total. The minimum absolute atomic E-state index is 0.0445. The van der Waals surface area contributed by atoms with Gasteiger partial charge in [0.05, 0.1) is 82.4 Å². The van der Waals surface area contributed by atoms with Crippen LogP contribution in [0.2, 0.25) is 0 Å². The summed E-state index contributed by atoms with van der Waals surface area (Å²) in [7, 11) is -7.91. The number of benzene rings is 2. The van der Waals surface area contributed by atoms with Gasteiger partial charge in [-0.3, -0.25) is 47.8 Å². The van der Waals surface area contributed by atoms with Crippen molar-refractivity contribution in [1.82, 2.24) is 29.2 Å². The summed E-state index contributed by atoms with van der Waals surface area (Å²) >= 11 is 0. The Morgan fingerprint density at radius 1 is 0.545 bits per heavy atom. The number of amides is 4. The second kappa shape index (κ2) is 33.1. The van der Waals surface area contributed by atoms with Crippen LogP contribution in [-0.4, -0.2) is 154 Å². The van der Waals surface area contributed by atoms with Gasteiger partial charge >= 0.3 is 11.9 Å². The van der Waals surface area contributed by atoms with E-state index in [4.69, 9.17) is 38.4 Å². The highest BCUT2D eigenvalue weighted by molar-refractivity contribution is 7.92. The number of carbonyl (C=O) groups is 8. The third-order valence-electron chi connectivity index (χ3n) is 23.8. The van der Waals surface area contributed by atoms with Crippen molar-refractivity contribution in [2.45, 2.75) is 284 Å². The van der Waals surface area contributed by atoms with Gasteiger partial charge in [-0.15, -0.1) is 0 Å². The first-order chi connectivity index (χ1) is 52.4. The number of aromatic nitrogens is 2. The molecule has 12 rings (SSSR count). The first-order valence-corrected chi connectivity index (χ1v) is 43.4.